The number of hydrogen-bond acceptors (Lipinski definition) is 11. The molecule has 12 nitrogen and oxygen atoms in total. The summed E-state index contributed by atoms with van der Waals surface area (Å²) in [7, 11) is 0. The van der Waals surface area contributed by atoms with E-state index in [0.717, 1.165) is 27.7 Å². The Kier molecular flexibility index (Phi) is 9.75. The molecule has 0 unspecified atom stereocenters. The molecule has 0 saturated carbocycles. The zero-order valence-electron chi connectivity index (χ0n) is 17.1. The van der Waals surface area contributed by atoms with Crippen LogP contribution >= 0.6 is 0 Å². The third-order valence-corrected chi connectivity index (χ3v) is 3.60. The molecular formula is C18H25NO11. The lowest BCUT2D eigenvalue weighted by Gasteiger charge is -2.44. The summed E-state index contributed by atoms with van der Waals surface area (Å²) in [4.78, 5) is 58.1. The first kappa shape index (κ1) is 24.9. The van der Waals surface area contributed by atoms with Crippen LogP contribution in [0, 0.1) is 0 Å². The SMILES string of the molecule is C=CCOC(=O)N[C@H]1[C@H](OC(C)=O)O[C@H](COC(C)=O)[C@H](OC(C)=O)[C@@H]1OC(C)=O. The van der Waals surface area contributed by atoms with Crippen LogP contribution in [0.25, 0.3) is 0 Å². The van der Waals surface area contributed by atoms with E-state index >= 15 is 0 Å². The van der Waals surface area contributed by atoms with Crippen LogP contribution in [-0.4, -0.2) is 73.8 Å². The highest BCUT2D eigenvalue weighted by molar-refractivity contribution is 5.70. The van der Waals surface area contributed by atoms with Gasteiger partial charge in [-0.25, -0.2) is 4.79 Å². The van der Waals surface area contributed by atoms with E-state index in [4.69, 9.17) is 28.4 Å². The van der Waals surface area contributed by atoms with E-state index in [1.165, 1.54) is 6.08 Å². The van der Waals surface area contributed by atoms with E-state index in [-0.39, 0.29) is 6.61 Å². The second-order valence-electron chi connectivity index (χ2n) is 6.16. The molecule has 0 radical (unpaired) electrons. The molecule has 1 saturated heterocycles. The molecule has 1 aliphatic rings. The summed E-state index contributed by atoms with van der Waals surface area (Å²) in [6.07, 6.45) is -4.95. The maximum Gasteiger partial charge on any atom is 0.408 e. The highest BCUT2D eigenvalue weighted by atomic mass is 16.7. The zero-order valence-corrected chi connectivity index (χ0v) is 17.1. The normalized spacial score (nSPS) is 25.3. The van der Waals surface area contributed by atoms with Crippen molar-refractivity contribution in [3.05, 3.63) is 12.7 Å². The average molecular weight is 431 g/mol. The minimum Gasteiger partial charge on any atom is -0.463 e. The Bertz CT molecular complexity index is 677. The molecule has 12 heteroatoms. The number of carbonyl (C=O) groups excluding carboxylic acids is 5. The van der Waals surface area contributed by atoms with Crippen molar-refractivity contribution in [2.45, 2.75) is 58.3 Å². The van der Waals surface area contributed by atoms with Crippen molar-refractivity contribution >= 4 is 30.0 Å². The molecule has 5 atom stereocenters. The molecule has 0 bridgehead atoms. The third-order valence-electron chi connectivity index (χ3n) is 3.60. The summed E-state index contributed by atoms with van der Waals surface area (Å²) in [6.45, 7) is 7.32. The number of nitrogens with one attached hydrogen (secondary N) is 1. The van der Waals surface area contributed by atoms with Gasteiger partial charge in [-0.1, -0.05) is 12.7 Å². The monoisotopic (exact) mass is 431 g/mol. The molecule has 1 N–H and O–H groups in total. The summed E-state index contributed by atoms with van der Waals surface area (Å²) < 4.78 is 30.9. The van der Waals surface area contributed by atoms with Crippen LogP contribution in [0.1, 0.15) is 27.7 Å². The number of carbonyl (C=O) groups is 5. The summed E-state index contributed by atoms with van der Waals surface area (Å²) in [6, 6.07) is -1.31. The molecule has 1 aliphatic heterocycles. The zero-order chi connectivity index (χ0) is 22.8. The Morgan fingerprint density at radius 3 is 1.93 bits per heavy atom. The molecule has 0 spiro atoms. The van der Waals surface area contributed by atoms with Crippen LogP contribution in [0.5, 0.6) is 0 Å². The summed E-state index contributed by atoms with van der Waals surface area (Å²) in [5.74, 6) is -2.96. The van der Waals surface area contributed by atoms with Crippen LogP contribution in [0.15, 0.2) is 12.7 Å². The fourth-order valence-corrected chi connectivity index (χ4v) is 2.63. The minimum absolute atomic E-state index is 0.127. The van der Waals surface area contributed by atoms with Crippen molar-refractivity contribution in [1.29, 1.82) is 0 Å². The van der Waals surface area contributed by atoms with E-state index in [1.807, 2.05) is 0 Å². The number of hydrogen-bond donors (Lipinski definition) is 1. The lowest BCUT2D eigenvalue weighted by molar-refractivity contribution is -0.270. The maximum atomic E-state index is 12.1. The number of ether oxygens (including phenoxy) is 6. The molecule has 1 amide bonds. The van der Waals surface area contributed by atoms with E-state index in [0.29, 0.717) is 0 Å². The standard InChI is InChI=1S/C18H25NO11/c1-6-7-25-18(24)19-14-16(28-11(4)22)15(27-10(3)21)13(8-26-9(2)20)30-17(14)29-12(5)23/h6,13-17H,1,7-8H2,2-5H3,(H,19,24)/t13-,14-,15+,16-,17-/m1/s1. The fraction of sp³-hybridized carbons (Fsp3) is 0.611. The van der Waals surface area contributed by atoms with E-state index in [1.54, 1.807) is 0 Å². The lowest BCUT2D eigenvalue weighted by Crippen LogP contribution is -2.67. The van der Waals surface area contributed by atoms with Crippen molar-refractivity contribution in [2.75, 3.05) is 13.2 Å². The Hall–Kier alpha value is -3.15. The molecule has 0 aromatic rings. The molecule has 0 aromatic carbocycles. The van der Waals surface area contributed by atoms with Gasteiger partial charge in [-0.3, -0.25) is 19.2 Å². The molecule has 1 heterocycles. The maximum absolute atomic E-state index is 12.1. The first-order valence-corrected chi connectivity index (χ1v) is 8.89. The van der Waals surface area contributed by atoms with Crippen molar-refractivity contribution in [1.82, 2.24) is 5.32 Å². The van der Waals surface area contributed by atoms with Gasteiger partial charge in [0.2, 0.25) is 6.29 Å². The first-order chi connectivity index (χ1) is 14.0. The predicted molar refractivity (Wildman–Crippen MR) is 96.6 cm³/mol. The second kappa shape index (κ2) is 11.8. The van der Waals surface area contributed by atoms with Gasteiger partial charge in [-0.2, -0.15) is 0 Å². The highest BCUT2D eigenvalue weighted by Gasteiger charge is 2.52. The van der Waals surface area contributed by atoms with Gasteiger partial charge in [0.15, 0.2) is 12.2 Å². The van der Waals surface area contributed by atoms with Gasteiger partial charge in [-0.15, -0.1) is 0 Å². The number of rotatable bonds is 8. The first-order valence-electron chi connectivity index (χ1n) is 8.89. The summed E-state index contributed by atoms with van der Waals surface area (Å²) in [5, 5.41) is 2.37. The smallest absolute Gasteiger partial charge is 0.408 e. The van der Waals surface area contributed by atoms with Crippen LogP contribution in [0.4, 0.5) is 4.79 Å². The van der Waals surface area contributed by atoms with E-state index < -0.39 is 67.2 Å². The van der Waals surface area contributed by atoms with Crippen molar-refractivity contribution < 1.29 is 52.4 Å². The molecule has 30 heavy (non-hydrogen) atoms. The molecule has 0 aromatic heterocycles. The van der Waals surface area contributed by atoms with Gasteiger partial charge in [0, 0.05) is 27.7 Å². The quantitative estimate of drug-likeness (QED) is 0.313. The van der Waals surface area contributed by atoms with E-state index in [9.17, 15) is 24.0 Å². The highest BCUT2D eigenvalue weighted by Crippen LogP contribution is 2.28. The summed E-state index contributed by atoms with van der Waals surface area (Å²) >= 11 is 0. The number of esters is 4. The van der Waals surface area contributed by atoms with Crippen molar-refractivity contribution in [3.8, 4) is 0 Å². The van der Waals surface area contributed by atoms with Gasteiger partial charge in [0.25, 0.3) is 0 Å². The lowest BCUT2D eigenvalue weighted by atomic mass is 9.96. The van der Waals surface area contributed by atoms with E-state index in [2.05, 4.69) is 11.9 Å². The molecular weight excluding hydrogens is 406 g/mol. The molecule has 168 valence electrons. The van der Waals surface area contributed by atoms with Crippen LogP contribution in [-0.2, 0) is 47.6 Å². The third kappa shape index (κ3) is 8.07. The Labute approximate surface area is 172 Å². The van der Waals surface area contributed by atoms with Crippen molar-refractivity contribution in [2.24, 2.45) is 0 Å². The Morgan fingerprint density at radius 2 is 1.43 bits per heavy atom. The van der Waals surface area contributed by atoms with Gasteiger partial charge in [0.05, 0.1) is 0 Å². The second-order valence-corrected chi connectivity index (χ2v) is 6.16. The van der Waals surface area contributed by atoms with Gasteiger partial charge < -0.3 is 33.7 Å². The largest absolute Gasteiger partial charge is 0.463 e. The molecule has 0 aliphatic carbocycles. The average Bonchev–Trinajstić information content (AvgIpc) is 2.62. The fourth-order valence-electron chi connectivity index (χ4n) is 2.63. The Balaban J connectivity index is 3.30. The number of alkyl carbamates (subject to hydrolysis) is 1. The van der Waals surface area contributed by atoms with Crippen molar-refractivity contribution in [3.63, 3.8) is 0 Å². The van der Waals surface area contributed by atoms with Crippen LogP contribution < -0.4 is 5.32 Å². The van der Waals surface area contributed by atoms with Crippen LogP contribution in [0.2, 0.25) is 0 Å². The molecule has 1 fully saturated rings. The van der Waals surface area contributed by atoms with Gasteiger partial charge >= 0.3 is 30.0 Å². The molecule has 1 rings (SSSR count). The minimum atomic E-state index is -1.48. The van der Waals surface area contributed by atoms with Gasteiger partial charge in [0.1, 0.15) is 25.4 Å². The van der Waals surface area contributed by atoms with Gasteiger partial charge in [-0.05, 0) is 0 Å². The topological polar surface area (TPSA) is 153 Å². The van der Waals surface area contributed by atoms with Crippen LogP contribution in [0.3, 0.4) is 0 Å². The number of amides is 1. The predicted octanol–water partition coefficient (Wildman–Crippen LogP) is -0.0183. The Morgan fingerprint density at radius 1 is 0.867 bits per heavy atom. The summed E-state index contributed by atoms with van der Waals surface area (Å²) in [5.41, 5.74) is 0.